The molecule has 1 aliphatic carbocycles. The molecule has 1 aliphatic rings. The second-order valence-electron chi connectivity index (χ2n) is 4.83. The van der Waals surface area contributed by atoms with E-state index < -0.39 is 0 Å². The van der Waals surface area contributed by atoms with Crippen molar-refractivity contribution in [2.24, 2.45) is 5.92 Å². The minimum absolute atomic E-state index is 0.692. The average molecular weight is 226 g/mol. The van der Waals surface area contributed by atoms with Crippen molar-refractivity contribution < 1.29 is 4.74 Å². The summed E-state index contributed by atoms with van der Waals surface area (Å²) in [5.41, 5.74) is 0. The number of rotatable bonds is 10. The standard InChI is InChI=1S/C13H26N2O/c1-4-7-15(8-9-16-3)11-12(2)10-14-13-5-6-13/h4,12-14H,1,5-11H2,2-3H3. The average Bonchev–Trinajstić information content (AvgIpc) is 3.07. The first-order valence-corrected chi connectivity index (χ1v) is 6.31. The van der Waals surface area contributed by atoms with Gasteiger partial charge in [-0.15, -0.1) is 6.58 Å². The molecular formula is C13H26N2O. The largest absolute Gasteiger partial charge is 0.383 e. The summed E-state index contributed by atoms with van der Waals surface area (Å²) in [6.07, 6.45) is 4.70. The third-order valence-corrected chi connectivity index (χ3v) is 2.90. The molecule has 1 rings (SSSR count). The van der Waals surface area contributed by atoms with E-state index in [0.717, 1.165) is 38.8 Å². The Labute approximate surface area is 99.8 Å². The third-order valence-electron chi connectivity index (χ3n) is 2.90. The molecule has 0 aliphatic heterocycles. The molecule has 0 aromatic rings. The zero-order valence-electron chi connectivity index (χ0n) is 10.7. The van der Waals surface area contributed by atoms with E-state index >= 15 is 0 Å². The molecule has 0 aromatic carbocycles. The van der Waals surface area contributed by atoms with Gasteiger partial charge in [0.15, 0.2) is 0 Å². The van der Waals surface area contributed by atoms with Gasteiger partial charge in [0, 0.05) is 32.8 Å². The maximum Gasteiger partial charge on any atom is 0.0589 e. The van der Waals surface area contributed by atoms with Gasteiger partial charge in [0.25, 0.3) is 0 Å². The van der Waals surface area contributed by atoms with E-state index in [9.17, 15) is 0 Å². The molecule has 0 radical (unpaired) electrons. The van der Waals surface area contributed by atoms with Gasteiger partial charge in [-0.2, -0.15) is 0 Å². The maximum absolute atomic E-state index is 5.12. The van der Waals surface area contributed by atoms with Gasteiger partial charge in [-0.3, -0.25) is 4.90 Å². The highest BCUT2D eigenvalue weighted by Crippen LogP contribution is 2.18. The van der Waals surface area contributed by atoms with Crippen molar-refractivity contribution in [2.75, 3.05) is 39.9 Å². The summed E-state index contributed by atoms with van der Waals surface area (Å²) in [7, 11) is 1.75. The lowest BCUT2D eigenvalue weighted by Gasteiger charge is -2.24. The van der Waals surface area contributed by atoms with Gasteiger partial charge in [0.1, 0.15) is 0 Å². The fraction of sp³-hybridized carbons (Fsp3) is 0.846. The molecule has 1 saturated carbocycles. The summed E-state index contributed by atoms with van der Waals surface area (Å²) in [6, 6.07) is 0.814. The van der Waals surface area contributed by atoms with Crippen LogP contribution in [0, 0.1) is 5.92 Å². The second-order valence-corrected chi connectivity index (χ2v) is 4.83. The van der Waals surface area contributed by atoms with Crippen molar-refractivity contribution in [1.29, 1.82) is 0 Å². The lowest BCUT2D eigenvalue weighted by atomic mass is 10.1. The molecule has 0 heterocycles. The van der Waals surface area contributed by atoms with Crippen LogP contribution in [-0.4, -0.2) is 50.8 Å². The number of methoxy groups -OCH3 is 1. The van der Waals surface area contributed by atoms with Crippen LogP contribution in [0.15, 0.2) is 12.7 Å². The Balaban J connectivity index is 2.13. The highest BCUT2D eigenvalue weighted by molar-refractivity contribution is 4.82. The molecular weight excluding hydrogens is 200 g/mol. The zero-order valence-corrected chi connectivity index (χ0v) is 10.7. The van der Waals surface area contributed by atoms with Crippen molar-refractivity contribution in [3.05, 3.63) is 12.7 Å². The summed E-state index contributed by atoms with van der Waals surface area (Å²) in [5, 5.41) is 3.58. The lowest BCUT2D eigenvalue weighted by molar-refractivity contribution is 0.145. The van der Waals surface area contributed by atoms with Crippen LogP contribution in [0.4, 0.5) is 0 Å². The molecule has 0 spiro atoms. The molecule has 1 fully saturated rings. The van der Waals surface area contributed by atoms with Gasteiger partial charge in [-0.1, -0.05) is 13.0 Å². The first-order valence-electron chi connectivity index (χ1n) is 6.31. The second kappa shape index (κ2) is 7.82. The van der Waals surface area contributed by atoms with Crippen LogP contribution in [0.1, 0.15) is 19.8 Å². The van der Waals surface area contributed by atoms with E-state index in [2.05, 4.69) is 23.7 Å². The number of nitrogens with zero attached hydrogens (tertiary/aromatic N) is 1. The van der Waals surface area contributed by atoms with Crippen LogP contribution in [0.25, 0.3) is 0 Å². The number of hydrogen-bond donors (Lipinski definition) is 1. The maximum atomic E-state index is 5.12. The normalized spacial score (nSPS) is 17.7. The Morgan fingerprint density at radius 1 is 1.56 bits per heavy atom. The Morgan fingerprint density at radius 2 is 2.31 bits per heavy atom. The monoisotopic (exact) mass is 226 g/mol. The van der Waals surface area contributed by atoms with Crippen LogP contribution in [-0.2, 0) is 4.74 Å². The van der Waals surface area contributed by atoms with Gasteiger partial charge < -0.3 is 10.1 Å². The topological polar surface area (TPSA) is 24.5 Å². The number of hydrogen-bond acceptors (Lipinski definition) is 3. The van der Waals surface area contributed by atoms with E-state index in [0.29, 0.717) is 5.92 Å². The molecule has 1 atom stereocenters. The van der Waals surface area contributed by atoms with Crippen molar-refractivity contribution in [2.45, 2.75) is 25.8 Å². The summed E-state index contributed by atoms with van der Waals surface area (Å²) in [6.45, 7) is 11.1. The summed E-state index contributed by atoms with van der Waals surface area (Å²) >= 11 is 0. The molecule has 94 valence electrons. The minimum Gasteiger partial charge on any atom is -0.383 e. The quantitative estimate of drug-likeness (QED) is 0.571. The molecule has 0 saturated heterocycles. The van der Waals surface area contributed by atoms with E-state index in [-0.39, 0.29) is 0 Å². The fourth-order valence-electron chi connectivity index (χ4n) is 1.82. The van der Waals surface area contributed by atoms with Gasteiger partial charge in [-0.05, 0) is 25.3 Å². The van der Waals surface area contributed by atoms with Gasteiger partial charge in [-0.25, -0.2) is 0 Å². The van der Waals surface area contributed by atoms with Crippen LogP contribution < -0.4 is 5.32 Å². The number of nitrogens with one attached hydrogen (secondary N) is 1. The van der Waals surface area contributed by atoms with Gasteiger partial charge >= 0.3 is 0 Å². The third kappa shape index (κ3) is 6.26. The first-order chi connectivity index (χ1) is 7.76. The molecule has 1 unspecified atom stereocenters. The molecule has 0 bridgehead atoms. The van der Waals surface area contributed by atoms with Gasteiger partial charge in [0.2, 0.25) is 0 Å². The summed E-state index contributed by atoms with van der Waals surface area (Å²) in [4.78, 5) is 2.40. The van der Waals surface area contributed by atoms with Crippen LogP contribution in [0.2, 0.25) is 0 Å². The Bertz CT molecular complexity index is 192. The number of ether oxygens (including phenoxy) is 1. The highest BCUT2D eigenvalue weighted by Gasteiger charge is 2.21. The van der Waals surface area contributed by atoms with Crippen molar-refractivity contribution in [3.8, 4) is 0 Å². The van der Waals surface area contributed by atoms with Crippen molar-refractivity contribution >= 4 is 0 Å². The molecule has 0 amide bonds. The fourth-order valence-corrected chi connectivity index (χ4v) is 1.82. The molecule has 1 N–H and O–H groups in total. The highest BCUT2D eigenvalue weighted by atomic mass is 16.5. The predicted molar refractivity (Wildman–Crippen MR) is 68.7 cm³/mol. The van der Waals surface area contributed by atoms with E-state index in [1.165, 1.54) is 12.8 Å². The van der Waals surface area contributed by atoms with Crippen molar-refractivity contribution in [3.63, 3.8) is 0 Å². The van der Waals surface area contributed by atoms with Crippen LogP contribution in [0.5, 0.6) is 0 Å². The molecule has 0 aromatic heterocycles. The summed E-state index contributed by atoms with van der Waals surface area (Å²) in [5.74, 6) is 0.692. The van der Waals surface area contributed by atoms with Crippen LogP contribution >= 0.6 is 0 Å². The molecule has 16 heavy (non-hydrogen) atoms. The SMILES string of the molecule is C=CCN(CCOC)CC(C)CNC1CC1. The van der Waals surface area contributed by atoms with E-state index in [1.54, 1.807) is 7.11 Å². The van der Waals surface area contributed by atoms with Crippen LogP contribution in [0.3, 0.4) is 0 Å². The van der Waals surface area contributed by atoms with Gasteiger partial charge in [0.05, 0.1) is 6.61 Å². The predicted octanol–water partition coefficient (Wildman–Crippen LogP) is 1.51. The Kier molecular flexibility index (Phi) is 6.69. The minimum atomic E-state index is 0.692. The lowest BCUT2D eigenvalue weighted by Crippen LogP contribution is -2.36. The first kappa shape index (κ1) is 13.7. The smallest absolute Gasteiger partial charge is 0.0589 e. The molecule has 3 nitrogen and oxygen atoms in total. The summed E-state index contributed by atoms with van der Waals surface area (Å²) < 4.78 is 5.12. The van der Waals surface area contributed by atoms with Crippen molar-refractivity contribution in [1.82, 2.24) is 10.2 Å². The van der Waals surface area contributed by atoms with E-state index in [4.69, 9.17) is 4.74 Å². The molecule has 3 heteroatoms. The zero-order chi connectivity index (χ0) is 11.8. The van der Waals surface area contributed by atoms with E-state index in [1.807, 2.05) is 6.08 Å². The Hall–Kier alpha value is -0.380. The Morgan fingerprint density at radius 3 is 2.88 bits per heavy atom.